The Balaban J connectivity index is 2.25. The molecule has 0 spiro atoms. The molecule has 1 fully saturated rings. The third-order valence-electron chi connectivity index (χ3n) is 4.46. The highest BCUT2D eigenvalue weighted by Gasteiger charge is 2.43. The van der Waals surface area contributed by atoms with E-state index in [1.54, 1.807) is 41.5 Å². The van der Waals surface area contributed by atoms with Crippen molar-refractivity contribution < 1.29 is 33.4 Å². The largest absolute Gasteiger partial charge is 0.447 e. The van der Waals surface area contributed by atoms with E-state index in [-0.39, 0.29) is 6.61 Å². The summed E-state index contributed by atoms with van der Waals surface area (Å²) in [6.45, 7) is 11.3. The van der Waals surface area contributed by atoms with E-state index < -0.39 is 47.5 Å². The van der Waals surface area contributed by atoms with Crippen molar-refractivity contribution in [3.8, 4) is 0 Å². The Morgan fingerprint density at radius 2 is 1.67 bits per heavy atom. The normalized spacial score (nSPS) is 17.1. The number of hydrazine groups is 1. The standard InChI is InChI=1S/C23H33N3O7/c1-15(26(21(30)33-23(5,6)7)24-19(28)32-22(2,3)4)18(27)25-17(14-31-20(25)29)13-16-11-9-8-10-12-16/h8-12,15,17H,13-14H2,1-7H3,(H,24,28)/t15-,17+/m1/s1. The number of carbonyl (C=O) groups excluding carboxylic acids is 4. The van der Waals surface area contributed by atoms with Crippen molar-refractivity contribution in [1.29, 1.82) is 0 Å². The van der Waals surface area contributed by atoms with Crippen LogP contribution in [0.2, 0.25) is 0 Å². The van der Waals surface area contributed by atoms with Crippen LogP contribution in [0.3, 0.4) is 0 Å². The molecule has 10 nitrogen and oxygen atoms in total. The van der Waals surface area contributed by atoms with Crippen LogP contribution in [0.15, 0.2) is 30.3 Å². The van der Waals surface area contributed by atoms with Crippen molar-refractivity contribution in [1.82, 2.24) is 15.3 Å². The van der Waals surface area contributed by atoms with Crippen LogP contribution in [-0.4, -0.2) is 64.0 Å². The Bertz CT molecular complexity index is 874. The Morgan fingerprint density at radius 3 is 2.21 bits per heavy atom. The lowest BCUT2D eigenvalue weighted by molar-refractivity contribution is -0.135. The molecule has 0 saturated carbocycles. The Kier molecular flexibility index (Phi) is 7.94. The number of nitrogens with one attached hydrogen (secondary N) is 1. The molecule has 1 aromatic rings. The number of carbonyl (C=O) groups is 4. The molecule has 1 aliphatic rings. The third kappa shape index (κ3) is 7.65. The van der Waals surface area contributed by atoms with Gasteiger partial charge in [-0.25, -0.2) is 29.7 Å². The number of hydrogen-bond acceptors (Lipinski definition) is 7. The molecule has 182 valence electrons. The summed E-state index contributed by atoms with van der Waals surface area (Å²) in [6, 6.07) is 7.50. The predicted octanol–water partition coefficient (Wildman–Crippen LogP) is 3.64. The van der Waals surface area contributed by atoms with Gasteiger partial charge in [-0.2, -0.15) is 0 Å². The molecular weight excluding hydrogens is 430 g/mol. The van der Waals surface area contributed by atoms with Gasteiger partial charge in [0.05, 0.1) is 6.04 Å². The Labute approximate surface area is 194 Å². The second-order valence-electron chi connectivity index (χ2n) is 9.77. The van der Waals surface area contributed by atoms with Gasteiger partial charge in [-0.05, 0) is 60.5 Å². The number of nitrogens with zero attached hydrogens (tertiary/aromatic N) is 2. The first-order chi connectivity index (χ1) is 15.2. The lowest BCUT2D eigenvalue weighted by atomic mass is 10.1. The molecule has 33 heavy (non-hydrogen) atoms. The highest BCUT2D eigenvalue weighted by Crippen LogP contribution is 2.21. The molecule has 1 heterocycles. The zero-order chi connectivity index (χ0) is 25.0. The van der Waals surface area contributed by atoms with Gasteiger partial charge < -0.3 is 14.2 Å². The van der Waals surface area contributed by atoms with Crippen LogP contribution in [0.1, 0.15) is 54.0 Å². The minimum atomic E-state index is -1.28. The van der Waals surface area contributed by atoms with Crippen molar-refractivity contribution in [3.63, 3.8) is 0 Å². The highest BCUT2D eigenvalue weighted by atomic mass is 16.6. The van der Waals surface area contributed by atoms with Crippen LogP contribution in [-0.2, 0) is 25.4 Å². The van der Waals surface area contributed by atoms with E-state index in [0.29, 0.717) is 6.42 Å². The first-order valence-electron chi connectivity index (χ1n) is 10.7. The second-order valence-corrected chi connectivity index (χ2v) is 9.77. The number of imide groups is 1. The van der Waals surface area contributed by atoms with E-state index in [1.807, 2.05) is 30.3 Å². The summed E-state index contributed by atoms with van der Waals surface area (Å²) in [4.78, 5) is 51.9. The van der Waals surface area contributed by atoms with Crippen LogP contribution in [0.4, 0.5) is 14.4 Å². The lowest BCUT2D eigenvalue weighted by Crippen LogP contribution is -2.59. The number of ether oxygens (including phenoxy) is 3. The van der Waals surface area contributed by atoms with Crippen LogP contribution in [0, 0.1) is 0 Å². The molecule has 1 saturated heterocycles. The van der Waals surface area contributed by atoms with Crippen molar-refractivity contribution >= 4 is 24.2 Å². The monoisotopic (exact) mass is 463 g/mol. The summed E-state index contributed by atoms with van der Waals surface area (Å²) in [5, 5.41) is 0.729. The van der Waals surface area contributed by atoms with Gasteiger partial charge in [0.15, 0.2) is 0 Å². The molecule has 0 bridgehead atoms. The van der Waals surface area contributed by atoms with E-state index in [1.165, 1.54) is 6.92 Å². The minimum absolute atomic E-state index is 0.0259. The topological polar surface area (TPSA) is 114 Å². The summed E-state index contributed by atoms with van der Waals surface area (Å²) in [7, 11) is 0. The highest BCUT2D eigenvalue weighted by molar-refractivity contribution is 5.97. The van der Waals surface area contributed by atoms with Gasteiger partial charge in [0.2, 0.25) is 0 Å². The van der Waals surface area contributed by atoms with E-state index in [4.69, 9.17) is 14.2 Å². The van der Waals surface area contributed by atoms with E-state index in [2.05, 4.69) is 5.43 Å². The molecule has 1 aromatic carbocycles. The number of hydrogen-bond donors (Lipinski definition) is 1. The number of amides is 4. The van der Waals surface area contributed by atoms with Crippen molar-refractivity contribution in [2.45, 2.75) is 78.2 Å². The quantitative estimate of drug-likeness (QED) is 0.535. The van der Waals surface area contributed by atoms with Crippen LogP contribution >= 0.6 is 0 Å². The maximum absolute atomic E-state index is 13.3. The lowest BCUT2D eigenvalue weighted by Gasteiger charge is -2.33. The zero-order valence-electron chi connectivity index (χ0n) is 20.2. The van der Waals surface area contributed by atoms with Crippen LogP contribution < -0.4 is 5.43 Å². The third-order valence-corrected chi connectivity index (χ3v) is 4.46. The summed E-state index contributed by atoms with van der Waals surface area (Å²) in [5.74, 6) is -0.722. The smallest absolute Gasteiger partial charge is 0.430 e. The zero-order valence-corrected chi connectivity index (χ0v) is 20.2. The SMILES string of the molecule is C[C@H](C(=O)N1C(=O)OC[C@@H]1Cc1ccccc1)N(NC(=O)OC(C)(C)C)C(=O)OC(C)(C)C. The molecule has 2 rings (SSSR count). The maximum atomic E-state index is 13.3. The average Bonchev–Trinajstić information content (AvgIpc) is 3.03. The van der Waals surface area contributed by atoms with Crippen LogP contribution in [0.5, 0.6) is 0 Å². The second kappa shape index (κ2) is 10.1. The van der Waals surface area contributed by atoms with Gasteiger partial charge in [0, 0.05) is 0 Å². The van der Waals surface area contributed by atoms with Crippen molar-refractivity contribution in [2.24, 2.45) is 0 Å². The molecule has 1 aliphatic heterocycles. The van der Waals surface area contributed by atoms with Gasteiger partial charge in [0.25, 0.3) is 5.91 Å². The predicted molar refractivity (Wildman–Crippen MR) is 119 cm³/mol. The van der Waals surface area contributed by atoms with E-state index >= 15 is 0 Å². The van der Waals surface area contributed by atoms with Crippen molar-refractivity contribution in [3.05, 3.63) is 35.9 Å². The summed E-state index contributed by atoms with van der Waals surface area (Å²) in [5.41, 5.74) is 1.47. The number of rotatable bonds is 4. The molecule has 0 aromatic heterocycles. The summed E-state index contributed by atoms with van der Waals surface area (Å²) in [6.07, 6.45) is -2.34. The molecule has 1 N–H and O–H groups in total. The molecule has 0 radical (unpaired) electrons. The molecule has 0 unspecified atom stereocenters. The Hall–Kier alpha value is -3.30. The summed E-state index contributed by atoms with van der Waals surface area (Å²) < 4.78 is 15.7. The molecular formula is C23H33N3O7. The van der Waals surface area contributed by atoms with Gasteiger partial charge in [0.1, 0.15) is 23.9 Å². The molecule has 2 atom stereocenters. The first-order valence-corrected chi connectivity index (χ1v) is 10.7. The van der Waals surface area contributed by atoms with Gasteiger partial charge in [-0.3, -0.25) is 4.79 Å². The van der Waals surface area contributed by atoms with Crippen LogP contribution in [0.25, 0.3) is 0 Å². The molecule has 10 heteroatoms. The average molecular weight is 464 g/mol. The van der Waals surface area contributed by atoms with Gasteiger partial charge in [-0.15, -0.1) is 0 Å². The van der Waals surface area contributed by atoms with Gasteiger partial charge in [-0.1, -0.05) is 30.3 Å². The minimum Gasteiger partial charge on any atom is -0.447 e. The fourth-order valence-corrected chi connectivity index (χ4v) is 3.09. The number of benzene rings is 1. The Morgan fingerprint density at radius 1 is 1.09 bits per heavy atom. The fourth-order valence-electron chi connectivity index (χ4n) is 3.09. The molecule has 0 aliphatic carbocycles. The first kappa shape index (κ1) is 26.0. The fraction of sp³-hybridized carbons (Fsp3) is 0.565. The molecule has 4 amide bonds. The van der Waals surface area contributed by atoms with E-state index in [0.717, 1.165) is 15.5 Å². The van der Waals surface area contributed by atoms with E-state index in [9.17, 15) is 19.2 Å². The van der Waals surface area contributed by atoms with Gasteiger partial charge >= 0.3 is 18.3 Å². The van der Waals surface area contributed by atoms with Crippen molar-refractivity contribution in [2.75, 3.05) is 6.61 Å². The maximum Gasteiger partial charge on any atom is 0.430 e. The summed E-state index contributed by atoms with van der Waals surface area (Å²) >= 11 is 0. The number of cyclic esters (lactones) is 1.